The maximum atomic E-state index is 14.0. The van der Waals surface area contributed by atoms with Crippen LogP contribution in [0.15, 0.2) is 61.1 Å². The Morgan fingerprint density at radius 3 is 2.38 bits per heavy atom. The van der Waals surface area contributed by atoms with Crippen LogP contribution < -0.4 is 19.7 Å². The first-order chi connectivity index (χ1) is 18.7. The Morgan fingerprint density at radius 1 is 1.00 bits per heavy atom. The van der Waals surface area contributed by atoms with Crippen molar-refractivity contribution < 1.29 is 32.2 Å². The zero-order valence-corrected chi connectivity index (χ0v) is 21.6. The van der Waals surface area contributed by atoms with Gasteiger partial charge in [-0.25, -0.2) is 4.98 Å². The predicted octanol–water partition coefficient (Wildman–Crippen LogP) is 5.35. The van der Waals surface area contributed by atoms with Crippen LogP contribution in [0.25, 0.3) is 0 Å². The van der Waals surface area contributed by atoms with E-state index in [0.29, 0.717) is 17.1 Å². The van der Waals surface area contributed by atoms with Crippen molar-refractivity contribution in [3.05, 3.63) is 77.9 Å². The zero-order chi connectivity index (χ0) is 28.0. The van der Waals surface area contributed by atoms with E-state index < -0.39 is 29.6 Å². The van der Waals surface area contributed by atoms with Gasteiger partial charge in [-0.2, -0.15) is 13.2 Å². The highest BCUT2D eigenvalue weighted by atomic mass is 19.4. The van der Waals surface area contributed by atoms with Gasteiger partial charge in [0.05, 0.1) is 26.0 Å². The molecule has 2 aromatic carbocycles. The van der Waals surface area contributed by atoms with Crippen molar-refractivity contribution in [2.45, 2.75) is 50.4 Å². The number of aromatic nitrogens is 2. The minimum atomic E-state index is -4.67. The number of anilines is 1. The average Bonchev–Trinajstić information content (AvgIpc) is 2.95. The Labute approximate surface area is 224 Å². The molecule has 206 valence electrons. The second kappa shape index (κ2) is 12.1. The number of hydrogen-bond acceptors (Lipinski definition) is 6. The molecule has 1 fully saturated rings. The summed E-state index contributed by atoms with van der Waals surface area (Å²) in [5.74, 6) is -0.648. The maximum absolute atomic E-state index is 14.0. The van der Waals surface area contributed by atoms with Crippen LogP contribution in [-0.4, -0.2) is 42.0 Å². The number of carbonyl (C=O) groups is 2. The van der Waals surface area contributed by atoms with Crippen LogP contribution in [0.1, 0.15) is 59.8 Å². The minimum Gasteiger partial charge on any atom is -0.493 e. The molecule has 1 atom stereocenters. The Hall–Kier alpha value is -4.15. The third-order valence-corrected chi connectivity index (χ3v) is 6.63. The number of nitrogens with zero attached hydrogens (tertiary/aromatic N) is 3. The van der Waals surface area contributed by atoms with Gasteiger partial charge in [0, 0.05) is 24.1 Å². The van der Waals surface area contributed by atoms with Crippen molar-refractivity contribution in [2.24, 2.45) is 0 Å². The van der Waals surface area contributed by atoms with E-state index in [0.717, 1.165) is 49.1 Å². The van der Waals surface area contributed by atoms with Crippen LogP contribution >= 0.6 is 0 Å². The molecule has 0 unspecified atom stereocenters. The van der Waals surface area contributed by atoms with Crippen LogP contribution in [0, 0.1) is 0 Å². The molecular formula is C28H29F3N4O4. The third-order valence-electron chi connectivity index (χ3n) is 6.63. The summed E-state index contributed by atoms with van der Waals surface area (Å²) in [5.41, 5.74) is -0.906. The van der Waals surface area contributed by atoms with E-state index >= 15 is 0 Å². The quantitative estimate of drug-likeness (QED) is 0.413. The molecule has 0 aliphatic heterocycles. The molecule has 1 N–H and O–H groups in total. The van der Waals surface area contributed by atoms with Crippen LogP contribution in [0.2, 0.25) is 0 Å². The molecule has 2 amide bonds. The van der Waals surface area contributed by atoms with E-state index in [9.17, 15) is 22.8 Å². The van der Waals surface area contributed by atoms with Crippen molar-refractivity contribution in [2.75, 3.05) is 19.1 Å². The average molecular weight is 543 g/mol. The third kappa shape index (κ3) is 6.47. The first kappa shape index (κ1) is 27.9. The monoisotopic (exact) mass is 542 g/mol. The number of carbonyl (C=O) groups excluding carboxylic acids is 2. The van der Waals surface area contributed by atoms with Gasteiger partial charge in [0.25, 0.3) is 5.91 Å². The molecule has 4 rings (SSSR count). The fourth-order valence-electron chi connectivity index (χ4n) is 4.72. The number of halogens is 3. The number of nitrogens with one attached hydrogen (secondary N) is 1. The Bertz CT molecular complexity index is 1300. The van der Waals surface area contributed by atoms with Crippen molar-refractivity contribution in [3.8, 4) is 11.5 Å². The summed E-state index contributed by atoms with van der Waals surface area (Å²) in [7, 11) is 2.88. The molecule has 1 aliphatic carbocycles. The summed E-state index contributed by atoms with van der Waals surface area (Å²) in [4.78, 5) is 36.9. The lowest BCUT2D eigenvalue weighted by molar-refractivity contribution is -0.137. The largest absolute Gasteiger partial charge is 0.493 e. The number of alkyl halides is 3. The minimum absolute atomic E-state index is 0.121. The van der Waals surface area contributed by atoms with Gasteiger partial charge in [-0.3, -0.25) is 19.5 Å². The highest BCUT2D eigenvalue weighted by molar-refractivity contribution is 6.09. The highest BCUT2D eigenvalue weighted by Gasteiger charge is 2.37. The smallest absolute Gasteiger partial charge is 0.416 e. The summed E-state index contributed by atoms with van der Waals surface area (Å²) < 4.78 is 51.8. The van der Waals surface area contributed by atoms with Crippen LogP contribution in [0.3, 0.4) is 0 Å². The van der Waals surface area contributed by atoms with Gasteiger partial charge in [-0.15, -0.1) is 0 Å². The lowest BCUT2D eigenvalue weighted by atomic mass is 9.94. The lowest BCUT2D eigenvalue weighted by Crippen LogP contribution is -2.47. The Kier molecular flexibility index (Phi) is 8.68. The van der Waals surface area contributed by atoms with Crippen LogP contribution in [0.5, 0.6) is 11.5 Å². The van der Waals surface area contributed by atoms with Gasteiger partial charge in [-0.05, 0) is 48.7 Å². The maximum Gasteiger partial charge on any atom is 0.416 e. The number of ether oxygens (including phenoxy) is 2. The summed E-state index contributed by atoms with van der Waals surface area (Å²) in [5, 5.41) is 3.02. The molecular weight excluding hydrogens is 513 g/mol. The summed E-state index contributed by atoms with van der Waals surface area (Å²) in [6.45, 7) is 0. The molecule has 0 bridgehead atoms. The number of benzene rings is 2. The molecule has 3 aromatic rings. The highest BCUT2D eigenvalue weighted by Crippen LogP contribution is 2.38. The number of methoxy groups -OCH3 is 2. The number of hydrogen-bond donors (Lipinski definition) is 1. The van der Waals surface area contributed by atoms with Gasteiger partial charge in [0.15, 0.2) is 11.5 Å². The molecule has 0 radical (unpaired) electrons. The van der Waals surface area contributed by atoms with Crippen LogP contribution in [-0.2, 0) is 11.0 Å². The molecule has 1 aromatic heterocycles. The molecule has 8 nitrogen and oxygen atoms in total. The summed E-state index contributed by atoms with van der Waals surface area (Å²) in [6, 6.07) is 7.51. The SMILES string of the molecule is COc1ccc([C@H](C(=O)NC2CCCCC2)N(C(=O)c2cnccn2)c2cccc(C(F)(F)F)c2)cc1OC. The number of rotatable bonds is 8. The molecule has 0 saturated heterocycles. The molecule has 1 heterocycles. The van der Waals surface area contributed by atoms with Crippen molar-refractivity contribution in [3.63, 3.8) is 0 Å². The van der Waals surface area contributed by atoms with E-state index in [1.165, 1.54) is 51.0 Å². The Balaban J connectivity index is 1.89. The fourth-order valence-corrected chi connectivity index (χ4v) is 4.72. The predicted molar refractivity (Wildman–Crippen MR) is 138 cm³/mol. The summed E-state index contributed by atoms with van der Waals surface area (Å²) >= 11 is 0. The van der Waals surface area contributed by atoms with Gasteiger partial charge in [0.2, 0.25) is 5.91 Å². The molecule has 1 saturated carbocycles. The second-order valence-electron chi connectivity index (χ2n) is 9.17. The van der Waals surface area contributed by atoms with Gasteiger partial charge >= 0.3 is 6.18 Å². The van der Waals surface area contributed by atoms with Crippen molar-refractivity contribution in [1.29, 1.82) is 0 Å². The summed E-state index contributed by atoms with van der Waals surface area (Å²) in [6.07, 6.45) is 3.70. The van der Waals surface area contributed by atoms with Crippen molar-refractivity contribution in [1.82, 2.24) is 15.3 Å². The zero-order valence-electron chi connectivity index (χ0n) is 21.6. The van der Waals surface area contributed by atoms with E-state index in [1.807, 2.05) is 0 Å². The molecule has 1 aliphatic rings. The van der Waals surface area contributed by atoms with E-state index in [2.05, 4.69) is 15.3 Å². The Morgan fingerprint density at radius 2 is 1.74 bits per heavy atom. The van der Waals surface area contributed by atoms with E-state index in [4.69, 9.17) is 9.47 Å². The van der Waals surface area contributed by atoms with Crippen molar-refractivity contribution >= 4 is 17.5 Å². The first-order valence-corrected chi connectivity index (χ1v) is 12.5. The first-order valence-electron chi connectivity index (χ1n) is 12.5. The fraction of sp³-hybridized carbons (Fsp3) is 0.357. The molecule has 11 heteroatoms. The second-order valence-corrected chi connectivity index (χ2v) is 9.17. The topological polar surface area (TPSA) is 93.7 Å². The van der Waals surface area contributed by atoms with E-state index in [-0.39, 0.29) is 17.4 Å². The standard InChI is InChI=1S/C28H29F3N4O4/c1-38-23-12-11-18(15-24(23)39-2)25(26(36)34-20-8-4-3-5-9-20)35(27(37)22-17-32-13-14-33-22)21-10-6-7-19(16-21)28(29,30)31/h6-7,10-17,20,25H,3-5,8-9H2,1-2H3,(H,34,36)/t25-/m1/s1. The van der Waals surface area contributed by atoms with Crippen LogP contribution in [0.4, 0.5) is 18.9 Å². The molecule has 39 heavy (non-hydrogen) atoms. The van der Waals surface area contributed by atoms with Gasteiger partial charge in [0.1, 0.15) is 11.7 Å². The molecule has 0 spiro atoms. The van der Waals surface area contributed by atoms with Gasteiger partial charge < -0.3 is 14.8 Å². The van der Waals surface area contributed by atoms with Gasteiger partial charge in [-0.1, -0.05) is 31.4 Å². The lowest BCUT2D eigenvalue weighted by Gasteiger charge is -2.33. The van der Waals surface area contributed by atoms with E-state index in [1.54, 1.807) is 12.1 Å². The normalized spacial score (nSPS) is 14.8. The number of amides is 2.